The third kappa shape index (κ3) is 2.73. The number of ether oxygens (including phenoxy) is 2. The molecule has 0 N–H and O–H groups in total. The van der Waals surface area contributed by atoms with E-state index < -0.39 is 0 Å². The maximum atomic E-state index is 5.91. The molecule has 0 bridgehead atoms. The van der Waals surface area contributed by atoms with Crippen LogP contribution in [-0.2, 0) is 4.74 Å². The first-order chi connectivity index (χ1) is 7.35. The molecule has 1 aliphatic rings. The van der Waals surface area contributed by atoms with E-state index in [1.54, 1.807) is 7.11 Å². The first-order valence-electron chi connectivity index (χ1n) is 5.19. The molecule has 0 amide bonds. The fourth-order valence-electron chi connectivity index (χ4n) is 1.56. The topological polar surface area (TPSA) is 18.5 Å². The summed E-state index contributed by atoms with van der Waals surface area (Å²) in [6.45, 7) is 0. The Bertz CT molecular complexity index is 323. The number of hydrogen-bond donors (Lipinski definition) is 0. The Balaban J connectivity index is 2.15. The van der Waals surface area contributed by atoms with Crippen molar-refractivity contribution in [3.63, 3.8) is 0 Å². The summed E-state index contributed by atoms with van der Waals surface area (Å²) in [7, 11) is 1.70. The fraction of sp³-hybridized carbons (Fsp3) is 0.500. The minimum Gasteiger partial charge on any atom is -0.496 e. The van der Waals surface area contributed by atoms with Gasteiger partial charge in [0.05, 0.1) is 19.3 Å². The lowest BCUT2D eigenvalue weighted by atomic mass is 10.1. The summed E-state index contributed by atoms with van der Waals surface area (Å²) in [6.07, 6.45) is 2.95. The van der Waals surface area contributed by atoms with Gasteiger partial charge in [0.15, 0.2) is 0 Å². The van der Waals surface area contributed by atoms with Gasteiger partial charge in [-0.3, -0.25) is 0 Å². The van der Waals surface area contributed by atoms with Crippen LogP contribution in [-0.4, -0.2) is 18.5 Å². The molecular weight excluding hydrogens is 256 g/mol. The first-order valence-corrected chi connectivity index (χ1v) is 6.31. The molecule has 0 saturated heterocycles. The summed E-state index contributed by atoms with van der Waals surface area (Å²) in [5, 5.41) is 0.809. The Kier molecular flexibility index (Phi) is 3.65. The molecule has 0 aliphatic heterocycles. The number of halogens is 1. The summed E-state index contributed by atoms with van der Waals surface area (Å²) in [5.41, 5.74) is 1.13. The lowest BCUT2D eigenvalue weighted by molar-refractivity contribution is 0.0543. The van der Waals surface area contributed by atoms with Gasteiger partial charge in [0.1, 0.15) is 5.75 Å². The zero-order valence-electron chi connectivity index (χ0n) is 8.78. The van der Waals surface area contributed by atoms with Gasteiger partial charge in [-0.05, 0) is 18.9 Å². The summed E-state index contributed by atoms with van der Waals surface area (Å²) in [5.74, 6) is 0.905. The quantitative estimate of drug-likeness (QED) is 0.765. The largest absolute Gasteiger partial charge is 0.496 e. The van der Waals surface area contributed by atoms with Crippen LogP contribution in [0.4, 0.5) is 0 Å². The van der Waals surface area contributed by atoms with E-state index in [2.05, 4.69) is 22.0 Å². The van der Waals surface area contributed by atoms with Gasteiger partial charge in [0.2, 0.25) is 0 Å². The maximum Gasteiger partial charge on any atom is 0.124 e. The Morgan fingerprint density at radius 1 is 1.40 bits per heavy atom. The Morgan fingerprint density at radius 3 is 2.73 bits per heavy atom. The zero-order valence-corrected chi connectivity index (χ0v) is 10.4. The molecule has 0 heterocycles. The number of hydrogen-bond acceptors (Lipinski definition) is 2. The average molecular weight is 271 g/mol. The van der Waals surface area contributed by atoms with Crippen LogP contribution in [0.2, 0.25) is 0 Å². The van der Waals surface area contributed by atoms with E-state index in [4.69, 9.17) is 9.47 Å². The molecule has 1 saturated carbocycles. The van der Waals surface area contributed by atoms with E-state index >= 15 is 0 Å². The van der Waals surface area contributed by atoms with Crippen molar-refractivity contribution in [1.29, 1.82) is 0 Å². The fourth-order valence-corrected chi connectivity index (χ4v) is 2.06. The molecule has 0 radical (unpaired) electrons. The van der Waals surface area contributed by atoms with E-state index in [-0.39, 0.29) is 6.10 Å². The lowest BCUT2D eigenvalue weighted by Crippen LogP contribution is -2.08. The summed E-state index contributed by atoms with van der Waals surface area (Å²) < 4.78 is 11.2. The van der Waals surface area contributed by atoms with Crippen LogP contribution in [0.15, 0.2) is 24.3 Å². The third-order valence-corrected chi connectivity index (χ3v) is 3.10. The molecule has 3 heteroatoms. The molecule has 1 aliphatic carbocycles. The molecule has 1 aromatic carbocycles. The monoisotopic (exact) mass is 270 g/mol. The highest BCUT2D eigenvalue weighted by Gasteiger charge is 2.27. The van der Waals surface area contributed by atoms with E-state index in [9.17, 15) is 0 Å². The SMILES string of the molecule is COc1ccccc1C(CBr)OC1CC1. The molecule has 0 spiro atoms. The number of rotatable bonds is 5. The third-order valence-electron chi connectivity index (χ3n) is 2.51. The van der Waals surface area contributed by atoms with Crippen molar-refractivity contribution < 1.29 is 9.47 Å². The van der Waals surface area contributed by atoms with E-state index in [1.165, 1.54) is 12.8 Å². The van der Waals surface area contributed by atoms with Crippen molar-refractivity contribution in [2.75, 3.05) is 12.4 Å². The van der Waals surface area contributed by atoms with Crippen LogP contribution in [0.3, 0.4) is 0 Å². The summed E-state index contributed by atoms with van der Waals surface area (Å²) in [6, 6.07) is 8.03. The number of para-hydroxylation sites is 1. The van der Waals surface area contributed by atoms with Gasteiger partial charge < -0.3 is 9.47 Å². The van der Waals surface area contributed by atoms with Gasteiger partial charge in [0.25, 0.3) is 0 Å². The maximum absolute atomic E-state index is 5.91. The lowest BCUT2D eigenvalue weighted by Gasteiger charge is -2.18. The normalized spacial score (nSPS) is 17.5. The Hall–Kier alpha value is -0.540. The standard InChI is InChI=1S/C12H15BrO2/c1-14-11-5-3-2-4-10(11)12(8-13)15-9-6-7-9/h2-5,9,12H,6-8H2,1H3. The molecule has 15 heavy (non-hydrogen) atoms. The molecule has 2 nitrogen and oxygen atoms in total. The predicted octanol–water partition coefficient (Wildman–Crippen LogP) is 3.31. The van der Waals surface area contributed by atoms with Gasteiger partial charge in [-0.1, -0.05) is 34.1 Å². The Labute approximate surface area is 98.7 Å². The van der Waals surface area contributed by atoms with Gasteiger partial charge in [-0.2, -0.15) is 0 Å². The predicted molar refractivity (Wildman–Crippen MR) is 63.6 cm³/mol. The number of benzene rings is 1. The van der Waals surface area contributed by atoms with Gasteiger partial charge >= 0.3 is 0 Å². The number of methoxy groups -OCH3 is 1. The highest BCUT2D eigenvalue weighted by molar-refractivity contribution is 9.09. The second kappa shape index (κ2) is 4.99. The van der Waals surface area contributed by atoms with E-state index in [1.807, 2.05) is 18.2 Å². The second-order valence-electron chi connectivity index (χ2n) is 3.72. The molecule has 1 unspecified atom stereocenters. The van der Waals surface area contributed by atoms with Crippen molar-refractivity contribution in [3.05, 3.63) is 29.8 Å². The van der Waals surface area contributed by atoms with Gasteiger partial charge in [-0.15, -0.1) is 0 Å². The average Bonchev–Trinajstić information content (AvgIpc) is 3.10. The van der Waals surface area contributed by atoms with Gasteiger partial charge in [-0.25, -0.2) is 0 Å². The smallest absolute Gasteiger partial charge is 0.124 e. The van der Waals surface area contributed by atoms with Crippen molar-refractivity contribution in [2.24, 2.45) is 0 Å². The molecule has 82 valence electrons. The van der Waals surface area contributed by atoms with Crippen molar-refractivity contribution in [1.82, 2.24) is 0 Å². The summed E-state index contributed by atoms with van der Waals surface area (Å²) in [4.78, 5) is 0. The van der Waals surface area contributed by atoms with Crippen molar-refractivity contribution >= 4 is 15.9 Å². The highest BCUT2D eigenvalue weighted by Crippen LogP contribution is 2.35. The van der Waals surface area contributed by atoms with Gasteiger partial charge in [0, 0.05) is 10.9 Å². The molecular formula is C12H15BrO2. The van der Waals surface area contributed by atoms with Crippen LogP contribution in [0, 0.1) is 0 Å². The van der Waals surface area contributed by atoms with E-state index in [0.717, 1.165) is 16.6 Å². The minimum absolute atomic E-state index is 0.105. The van der Waals surface area contributed by atoms with Crippen LogP contribution >= 0.6 is 15.9 Å². The van der Waals surface area contributed by atoms with E-state index in [0.29, 0.717) is 6.10 Å². The van der Waals surface area contributed by atoms with Crippen LogP contribution in [0.5, 0.6) is 5.75 Å². The van der Waals surface area contributed by atoms with Crippen molar-refractivity contribution in [2.45, 2.75) is 25.0 Å². The second-order valence-corrected chi connectivity index (χ2v) is 4.37. The zero-order chi connectivity index (χ0) is 10.7. The van der Waals surface area contributed by atoms with Crippen molar-refractivity contribution in [3.8, 4) is 5.75 Å². The van der Waals surface area contributed by atoms with Crippen LogP contribution in [0.25, 0.3) is 0 Å². The Morgan fingerprint density at radius 2 is 2.13 bits per heavy atom. The highest BCUT2D eigenvalue weighted by atomic mass is 79.9. The molecule has 1 fully saturated rings. The minimum atomic E-state index is 0.105. The van der Waals surface area contributed by atoms with Crippen LogP contribution < -0.4 is 4.74 Å². The number of alkyl halides is 1. The first kappa shape index (κ1) is 11.0. The summed E-state index contributed by atoms with van der Waals surface area (Å²) >= 11 is 3.49. The molecule has 2 rings (SSSR count). The molecule has 1 atom stereocenters. The molecule has 1 aromatic rings. The molecule has 0 aromatic heterocycles. The van der Waals surface area contributed by atoms with Crippen LogP contribution in [0.1, 0.15) is 24.5 Å².